The lowest BCUT2D eigenvalue weighted by molar-refractivity contribution is -0.190. The molecule has 1 amide bonds. The van der Waals surface area contributed by atoms with Crippen molar-refractivity contribution in [1.29, 1.82) is 0 Å². The Morgan fingerprint density at radius 1 is 1.23 bits per heavy atom. The summed E-state index contributed by atoms with van der Waals surface area (Å²) in [6.07, 6.45) is 1.58. The topological polar surface area (TPSA) is 133 Å². The molecule has 0 aromatic carbocycles. The molecule has 44 heavy (non-hydrogen) atoms. The third kappa shape index (κ3) is 7.20. The molecule has 2 N–H and O–H groups in total. The minimum atomic E-state index is -4.26. The minimum absolute atomic E-state index is 0.0958. The second kappa shape index (κ2) is 12.0. The average molecular weight is 658 g/mol. The van der Waals surface area contributed by atoms with Gasteiger partial charge in [0.2, 0.25) is 5.88 Å². The second-order valence-corrected chi connectivity index (χ2v) is 14.2. The van der Waals surface area contributed by atoms with Crippen LogP contribution in [0.1, 0.15) is 68.4 Å². The summed E-state index contributed by atoms with van der Waals surface area (Å²) in [5, 5.41) is 11.7. The van der Waals surface area contributed by atoms with Crippen molar-refractivity contribution in [1.82, 2.24) is 34.6 Å². The highest BCUT2D eigenvalue weighted by molar-refractivity contribution is 7.90. The lowest BCUT2D eigenvalue weighted by Crippen LogP contribution is -2.31. The molecule has 3 aromatic rings. The summed E-state index contributed by atoms with van der Waals surface area (Å²) in [6.45, 7) is 7.28. The van der Waals surface area contributed by atoms with Crippen molar-refractivity contribution in [2.75, 3.05) is 13.2 Å². The number of rotatable bonds is 12. The van der Waals surface area contributed by atoms with Gasteiger partial charge in [-0.25, -0.2) is 22.8 Å². The summed E-state index contributed by atoms with van der Waals surface area (Å²) < 4.78 is 75.7. The number of sulfonamides is 1. The summed E-state index contributed by atoms with van der Waals surface area (Å²) in [4.78, 5) is 16.9. The molecule has 1 saturated heterocycles. The monoisotopic (exact) mass is 657 g/mol. The molecular weight excluding hydrogens is 623 g/mol. The second-order valence-electron chi connectivity index (χ2n) is 12.2. The van der Waals surface area contributed by atoms with Crippen molar-refractivity contribution in [3.63, 3.8) is 0 Å². The van der Waals surface area contributed by atoms with E-state index in [1.165, 1.54) is 35.3 Å². The third-order valence-corrected chi connectivity index (χ3v) is 9.97. The van der Waals surface area contributed by atoms with E-state index in [-0.39, 0.29) is 64.4 Å². The van der Waals surface area contributed by atoms with Gasteiger partial charge in [-0.1, -0.05) is 11.6 Å². The lowest BCUT2D eigenvalue weighted by Gasteiger charge is -2.18. The van der Waals surface area contributed by atoms with Gasteiger partial charge < -0.3 is 10.1 Å². The van der Waals surface area contributed by atoms with Gasteiger partial charge in [0.1, 0.15) is 10.0 Å². The van der Waals surface area contributed by atoms with Gasteiger partial charge in [0.25, 0.3) is 15.9 Å². The van der Waals surface area contributed by atoms with Gasteiger partial charge >= 0.3 is 6.18 Å². The number of aromatic nitrogens is 5. The van der Waals surface area contributed by atoms with Crippen molar-refractivity contribution in [2.45, 2.75) is 82.5 Å². The SMILES string of the molecule is Cc1nn(CCC[C@@H]2CNC(C)(C)C2)cc1S(=O)(=O)NC(=O)c1ccc(-n2ccc(OCCC3(C(F)(F)F)CC3)n2)nc1Cl. The van der Waals surface area contributed by atoms with Gasteiger partial charge in [-0.15, -0.1) is 5.10 Å². The van der Waals surface area contributed by atoms with Crippen LogP contribution in [0, 0.1) is 18.3 Å². The number of alkyl halides is 3. The average Bonchev–Trinajstić information content (AvgIpc) is 3.22. The molecule has 5 rings (SSSR count). The molecule has 1 atom stereocenters. The summed E-state index contributed by atoms with van der Waals surface area (Å²) in [5.74, 6) is -0.124. The van der Waals surface area contributed by atoms with E-state index >= 15 is 0 Å². The smallest absolute Gasteiger partial charge is 0.394 e. The number of amides is 1. The van der Waals surface area contributed by atoms with Crippen molar-refractivity contribution in [3.05, 3.63) is 47.0 Å². The van der Waals surface area contributed by atoms with E-state index in [1.54, 1.807) is 11.6 Å². The molecule has 1 saturated carbocycles. The highest BCUT2D eigenvalue weighted by Gasteiger charge is 2.62. The molecule has 1 aliphatic carbocycles. The molecule has 4 heterocycles. The number of halogens is 4. The van der Waals surface area contributed by atoms with E-state index < -0.39 is 27.5 Å². The van der Waals surface area contributed by atoms with Gasteiger partial charge in [0.05, 0.1) is 23.3 Å². The van der Waals surface area contributed by atoms with Crippen molar-refractivity contribution >= 4 is 27.5 Å². The zero-order valence-corrected chi connectivity index (χ0v) is 26.2. The Balaban J connectivity index is 1.16. The summed E-state index contributed by atoms with van der Waals surface area (Å²) in [6, 6.07) is 4.16. The van der Waals surface area contributed by atoms with Gasteiger partial charge in [0.15, 0.2) is 5.82 Å². The first kappa shape index (κ1) is 32.2. The number of hydrogen-bond acceptors (Lipinski definition) is 8. The van der Waals surface area contributed by atoms with Gasteiger partial charge in [-0.05, 0) is 83.9 Å². The van der Waals surface area contributed by atoms with Crippen molar-refractivity contribution in [3.8, 4) is 11.7 Å². The van der Waals surface area contributed by atoms with E-state index in [0.717, 1.165) is 25.8 Å². The number of nitrogens with one attached hydrogen (secondary N) is 2. The molecule has 2 fully saturated rings. The number of ether oxygens (including phenoxy) is 1. The van der Waals surface area contributed by atoms with Crippen LogP contribution in [-0.4, -0.2) is 63.7 Å². The molecule has 2 aliphatic rings. The first-order valence-electron chi connectivity index (χ1n) is 14.4. The molecule has 3 aromatic heterocycles. The molecule has 240 valence electrons. The highest BCUT2D eigenvalue weighted by atomic mass is 35.5. The minimum Gasteiger partial charge on any atom is -0.477 e. The number of aryl methyl sites for hydroxylation is 2. The summed E-state index contributed by atoms with van der Waals surface area (Å²) in [7, 11) is -4.26. The van der Waals surface area contributed by atoms with E-state index in [0.29, 0.717) is 12.5 Å². The fourth-order valence-electron chi connectivity index (χ4n) is 5.55. The molecule has 0 spiro atoms. The van der Waals surface area contributed by atoms with Crippen LogP contribution in [0.2, 0.25) is 5.15 Å². The predicted molar refractivity (Wildman–Crippen MR) is 155 cm³/mol. The van der Waals surface area contributed by atoms with Crippen molar-refractivity contribution < 1.29 is 31.1 Å². The Labute approximate surface area is 258 Å². The zero-order valence-electron chi connectivity index (χ0n) is 24.6. The van der Waals surface area contributed by atoms with Crippen LogP contribution in [0.15, 0.2) is 35.5 Å². The van der Waals surface area contributed by atoms with Crippen LogP contribution in [-0.2, 0) is 16.6 Å². The number of carbonyl (C=O) groups excluding carboxylic acids is 1. The number of hydrogen-bond donors (Lipinski definition) is 2. The quantitative estimate of drug-likeness (QED) is 0.265. The Morgan fingerprint density at radius 2 is 1.98 bits per heavy atom. The molecule has 0 bridgehead atoms. The van der Waals surface area contributed by atoms with Crippen LogP contribution in [0.3, 0.4) is 0 Å². The number of carbonyl (C=O) groups is 1. The molecule has 0 unspecified atom stereocenters. The molecule has 1 aliphatic heterocycles. The third-order valence-electron chi connectivity index (χ3n) is 8.25. The first-order valence-corrected chi connectivity index (χ1v) is 16.2. The van der Waals surface area contributed by atoms with Crippen LogP contribution >= 0.6 is 11.6 Å². The highest BCUT2D eigenvalue weighted by Crippen LogP contribution is 2.59. The number of pyridine rings is 1. The lowest BCUT2D eigenvalue weighted by atomic mass is 9.94. The molecule has 0 radical (unpaired) electrons. The standard InChI is InChI=1S/C28H35ClF3N7O4S/c1-18-21(17-38(35-18)12-4-5-19-15-26(2,3)33-16-19)44(41,42)37-25(40)20-6-7-22(34-24(20)29)39-13-8-23(36-39)43-14-11-27(9-10-27)28(30,31)32/h6-8,13,17,19,33H,4-5,9-12,14-16H2,1-3H3,(H,37,40)/t19-/m0/s1. The molecule has 11 nitrogen and oxygen atoms in total. The Kier molecular flexibility index (Phi) is 8.77. The Morgan fingerprint density at radius 3 is 2.61 bits per heavy atom. The predicted octanol–water partition coefficient (Wildman–Crippen LogP) is 4.82. The van der Waals surface area contributed by atoms with Gasteiger partial charge in [-0.3, -0.25) is 9.48 Å². The normalized spacial score (nSPS) is 19.2. The van der Waals surface area contributed by atoms with Crippen LogP contribution in [0.5, 0.6) is 5.88 Å². The molecule has 16 heteroatoms. The van der Waals surface area contributed by atoms with Crippen LogP contribution in [0.4, 0.5) is 13.2 Å². The largest absolute Gasteiger partial charge is 0.477 e. The summed E-state index contributed by atoms with van der Waals surface area (Å²) in [5.41, 5.74) is -1.45. The van der Waals surface area contributed by atoms with Crippen LogP contribution in [0.25, 0.3) is 5.82 Å². The van der Waals surface area contributed by atoms with E-state index in [2.05, 4.69) is 34.3 Å². The Hall–Kier alpha value is -3.17. The maximum Gasteiger partial charge on any atom is 0.394 e. The first-order chi connectivity index (χ1) is 20.6. The fourth-order valence-corrected chi connectivity index (χ4v) is 6.94. The number of nitrogens with zero attached hydrogens (tertiary/aromatic N) is 5. The summed E-state index contributed by atoms with van der Waals surface area (Å²) >= 11 is 6.24. The maximum atomic E-state index is 13.1. The fraction of sp³-hybridized carbons (Fsp3) is 0.571. The zero-order chi connectivity index (χ0) is 31.9. The van der Waals surface area contributed by atoms with Crippen LogP contribution < -0.4 is 14.8 Å². The van der Waals surface area contributed by atoms with E-state index in [4.69, 9.17) is 16.3 Å². The van der Waals surface area contributed by atoms with Gasteiger partial charge in [0, 0.05) is 30.5 Å². The maximum absolute atomic E-state index is 13.1. The molecular formula is C28H35ClF3N7O4S. The van der Waals surface area contributed by atoms with Gasteiger partial charge in [-0.2, -0.15) is 18.3 Å². The Bertz CT molecular complexity index is 1630. The van der Waals surface area contributed by atoms with Crippen molar-refractivity contribution in [2.24, 2.45) is 11.3 Å². The van der Waals surface area contributed by atoms with E-state index in [1.807, 2.05) is 4.72 Å². The van der Waals surface area contributed by atoms with E-state index in [9.17, 15) is 26.4 Å².